The van der Waals surface area contributed by atoms with E-state index in [9.17, 15) is 0 Å². The van der Waals surface area contributed by atoms with Gasteiger partial charge in [-0.2, -0.15) is 0 Å². The fourth-order valence-corrected chi connectivity index (χ4v) is 4.87. The molecule has 5 unspecified atom stereocenters. The van der Waals surface area contributed by atoms with Crippen LogP contribution in [0, 0.1) is 11.8 Å². The summed E-state index contributed by atoms with van der Waals surface area (Å²) in [6.45, 7) is 15.7. The SMILES string of the molecule is CCCC1C2OC2[C@H](C)C[N+](C)(C(C)(C)CC)C1CC. The van der Waals surface area contributed by atoms with Gasteiger partial charge in [0.25, 0.3) is 0 Å². The molecule has 2 rings (SSSR count). The third-order valence-electron chi connectivity index (χ3n) is 6.73. The molecule has 0 radical (unpaired) electrons. The van der Waals surface area contributed by atoms with Crippen molar-refractivity contribution in [1.82, 2.24) is 0 Å². The van der Waals surface area contributed by atoms with E-state index in [2.05, 4.69) is 48.6 Å². The number of hydrogen-bond donors (Lipinski definition) is 0. The van der Waals surface area contributed by atoms with Crippen molar-refractivity contribution in [1.29, 1.82) is 0 Å². The lowest BCUT2D eigenvalue weighted by Gasteiger charge is -2.54. The van der Waals surface area contributed by atoms with Gasteiger partial charge in [0.1, 0.15) is 0 Å². The molecule has 2 nitrogen and oxygen atoms in total. The van der Waals surface area contributed by atoms with Crippen LogP contribution in [0.15, 0.2) is 0 Å². The summed E-state index contributed by atoms with van der Waals surface area (Å²) in [6.07, 6.45) is 6.26. The molecule has 0 aromatic rings. The Bertz CT molecular complexity index is 340. The van der Waals surface area contributed by atoms with Crippen LogP contribution < -0.4 is 0 Å². The maximum atomic E-state index is 6.10. The Labute approximate surface area is 126 Å². The molecule has 0 saturated carbocycles. The molecule has 6 atom stereocenters. The standard InChI is InChI=1S/C18H36NO/c1-8-11-14-15(9-2)19(7,18(5,6)10-3)12-13(4)16-17(14)20-16/h13-17H,8-12H2,1-7H3/q+1/t13-,14?,15?,16?,17?,19?/m1/s1. The van der Waals surface area contributed by atoms with Gasteiger partial charge in [-0.1, -0.05) is 34.1 Å². The molecule has 0 aromatic carbocycles. The van der Waals surface area contributed by atoms with Crippen LogP contribution in [0.25, 0.3) is 0 Å². The molecule has 2 aliphatic heterocycles. The summed E-state index contributed by atoms with van der Waals surface area (Å²) in [7, 11) is 2.53. The minimum Gasteiger partial charge on any atom is -0.369 e. The largest absolute Gasteiger partial charge is 0.369 e. The first-order valence-electron chi connectivity index (χ1n) is 8.83. The van der Waals surface area contributed by atoms with Crippen molar-refractivity contribution >= 4 is 0 Å². The molecular formula is C18H36NO+. The van der Waals surface area contributed by atoms with Crippen molar-refractivity contribution in [2.75, 3.05) is 13.6 Å². The number of ether oxygens (including phenoxy) is 1. The molecule has 118 valence electrons. The van der Waals surface area contributed by atoms with Gasteiger partial charge >= 0.3 is 0 Å². The molecule has 0 spiro atoms. The van der Waals surface area contributed by atoms with Crippen LogP contribution >= 0.6 is 0 Å². The van der Waals surface area contributed by atoms with Crippen LogP contribution in [0.1, 0.15) is 67.2 Å². The number of hydrogen-bond acceptors (Lipinski definition) is 1. The third kappa shape index (κ3) is 2.43. The summed E-state index contributed by atoms with van der Waals surface area (Å²) in [4.78, 5) is 0. The van der Waals surface area contributed by atoms with Gasteiger partial charge in [-0.15, -0.1) is 0 Å². The van der Waals surface area contributed by atoms with Crippen LogP contribution in [0.5, 0.6) is 0 Å². The molecule has 20 heavy (non-hydrogen) atoms. The molecule has 2 heterocycles. The van der Waals surface area contributed by atoms with Gasteiger partial charge in [0.15, 0.2) is 0 Å². The third-order valence-corrected chi connectivity index (χ3v) is 6.73. The number of nitrogens with zero attached hydrogens (tertiary/aromatic N) is 1. The molecule has 2 saturated heterocycles. The van der Waals surface area contributed by atoms with E-state index in [1.54, 1.807) is 0 Å². The number of fused-ring (bicyclic) bond motifs is 1. The predicted octanol–water partition coefficient (Wildman–Crippen LogP) is 4.23. The molecule has 0 bridgehead atoms. The van der Waals surface area contributed by atoms with Crippen LogP contribution in [-0.2, 0) is 4.74 Å². The molecule has 0 N–H and O–H groups in total. The Hall–Kier alpha value is -0.0800. The zero-order chi connectivity index (χ0) is 15.1. The van der Waals surface area contributed by atoms with Gasteiger partial charge in [0, 0.05) is 11.8 Å². The van der Waals surface area contributed by atoms with E-state index in [0.717, 1.165) is 12.0 Å². The molecule has 0 aliphatic carbocycles. The second-order valence-corrected chi connectivity index (χ2v) is 8.09. The van der Waals surface area contributed by atoms with Crippen LogP contribution in [-0.4, -0.2) is 41.9 Å². The highest BCUT2D eigenvalue weighted by molar-refractivity contribution is 4.99. The van der Waals surface area contributed by atoms with Crippen LogP contribution in [0.4, 0.5) is 0 Å². The summed E-state index contributed by atoms with van der Waals surface area (Å²) >= 11 is 0. The Morgan fingerprint density at radius 3 is 2.30 bits per heavy atom. The van der Waals surface area contributed by atoms with Gasteiger partial charge < -0.3 is 9.22 Å². The molecular weight excluding hydrogens is 246 g/mol. The van der Waals surface area contributed by atoms with Crippen molar-refractivity contribution in [3.05, 3.63) is 0 Å². The quantitative estimate of drug-likeness (QED) is 0.543. The van der Waals surface area contributed by atoms with Crippen molar-refractivity contribution in [3.63, 3.8) is 0 Å². The normalized spacial score (nSPS) is 44.9. The Balaban J connectivity index is 2.38. The highest BCUT2D eigenvalue weighted by atomic mass is 16.6. The molecule has 2 fully saturated rings. The number of quaternary nitrogens is 1. The highest BCUT2D eigenvalue weighted by Gasteiger charge is 2.60. The van der Waals surface area contributed by atoms with Gasteiger partial charge in [0.2, 0.25) is 0 Å². The number of rotatable bonds is 5. The summed E-state index contributed by atoms with van der Waals surface area (Å²) in [5.74, 6) is 1.46. The Kier molecular flexibility index (Phi) is 4.57. The van der Waals surface area contributed by atoms with E-state index < -0.39 is 0 Å². The van der Waals surface area contributed by atoms with Crippen molar-refractivity contribution in [2.45, 2.75) is 91.0 Å². The molecule has 0 amide bonds. The van der Waals surface area contributed by atoms with E-state index in [4.69, 9.17) is 4.74 Å². The smallest absolute Gasteiger partial charge is 0.0944 e. The van der Waals surface area contributed by atoms with Crippen LogP contribution in [0.3, 0.4) is 0 Å². The predicted molar refractivity (Wildman–Crippen MR) is 85.7 cm³/mol. The highest BCUT2D eigenvalue weighted by Crippen LogP contribution is 2.49. The lowest BCUT2D eigenvalue weighted by atomic mass is 9.83. The first kappa shape index (κ1) is 16.3. The Morgan fingerprint density at radius 2 is 1.80 bits per heavy atom. The fourth-order valence-electron chi connectivity index (χ4n) is 4.87. The van der Waals surface area contributed by atoms with Crippen molar-refractivity contribution in [2.24, 2.45) is 11.8 Å². The summed E-state index contributed by atoms with van der Waals surface area (Å²) in [6, 6.07) is 0.754. The second-order valence-electron chi connectivity index (χ2n) is 8.09. The average Bonchev–Trinajstić information content (AvgIpc) is 3.18. The lowest BCUT2D eigenvalue weighted by molar-refractivity contribution is -0.983. The Morgan fingerprint density at radius 1 is 1.15 bits per heavy atom. The topological polar surface area (TPSA) is 12.5 Å². The lowest BCUT2D eigenvalue weighted by Crippen LogP contribution is -2.66. The van der Waals surface area contributed by atoms with Gasteiger partial charge in [-0.05, 0) is 33.1 Å². The first-order chi connectivity index (χ1) is 9.32. The number of likely N-dealkylation sites (tertiary alicyclic amines) is 1. The number of epoxide rings is 1. The van der Waals surface area contributed by atoms with E-state index in [1.165, 1.54) is 36.7 Å². The summed E-state index contributed by atoms with van der Waals surface area (Å²) < 4.78 is 7.34. The van der Waals surface area contributed by atoms with Crippen molar-refractivity contribution < 1.29 is 9.22 Å². The van der Waals surface area contributed by atoms with E-state index >= 15 is 0 Å². The van der Waals surface area contributed by atoms with Crippen LogP contribution in [0.2, 0.25) is 0 Å². The molecule has 2 heteroatoms. The van der Waals surface area contributed by atoms with E-state index in [0.29, 0.717) is 23.7 Å². The van der Waals surface area contributed by atoms with Gasteiger partial charge in [-0.25, -0.2) is 0 Å². The second kappa shape index (κ2) is 5.61. The maximum absolute atomic E-state index is 6.10. The zero-order valence-corrected chi connectivity index (χ0v) is 14.8. The fraction of sp³-hybridized carbons (Fsp3) is 1.00. The first-order valence-corrected chi connectivity index (χ1v) is 8.83. The maximum Gasteiger partial charge on any atom is 0.0944 e. The summed E-state index contributed by atoms with van der Waals surface area (Å²) in [5.41, 5.74) is 0.359. The summed E-state index contributed by atoms with van der Waals surface area (Å²) in [5, 5.41) is 0. The molecule has 2 aliphatic rings. The minimum atomic E-state index is 0.359. The van der Waals surface area contributed by atoms with Gasteiger partial charge in [0.05, 0.1) is 37.4 Å². The monoisotopic (exact) mass is 282 g/mol. The van der Waals surface area contributed by atoms with E-state index in [1.807, 2.05) is 0 Å². The van der Waals surface area contributed by atoms with E-state index in [-0.39, 0.29) is 0 Å². The zero-order valence-electron chi connectivity index (χ0n) is 14.8. The van der Waals surface area contributed by atoms with Gasteiger partial charge in [-0.3, -0.25) is 0 Å². The average molecular weight is 282 g/mol. The molecule has 0 aromatic heterocycles. The minimum absolute atomic E-state index is 0.359. The van der Waals surface area contributed by atoms with Crippen molar-refractivity contribution in [3.8, 4) is 0 Å².